The summed E-state index contributed by atoms with van der Waals surface area (Å²) in [5.74, 6) is -0.0766. The molecular formula is C14H24O4. The molecule has 0 heterocycles. The number of rotatable bonds is 5. The predicted molar refractivity (Wildman–Crippen MR) is 67.9 cm³/mol. The van der Waals surface area contributed by atoms with Gasteiger partial charge >= 0.3 is 11.9 Å². The van der Waals surface area contributed by atoms with Crippen molar-refractivity contribution in [1.29, 1.82) is 0 Å². The molecule has 1 rings (SSSR count). The molecule has 1 aliphatic rings. The summed E-state index contributed by atoms with van der Waals surface area (Å²) in [5.41, 5.74) is 0. The molecule has 4 heteroatoms. The second-order valence-electron chi connectivity index (χ2n) is 5.43. The van der Waals surface area contributed by atoms with E-state index >= 15 is 0 Å². The summed E-state index contributed by atoms with van der Waals surface area (Å²) in [4.78, 5) is 23.3. The van der Waals surface area contributed by atoms with E-state index < -0.39 is 0 Å². The maximum absolute atomic E-state index is 11.9. The summed E-state index contributed by atoms with van der Waals surface area (Å²) < 4.78 is 10.0. The fraction of sp³-hybridized carbons (Fsp3) is 0.857. The third-order valence-corrected chi connectivity index (χ3v) is 3.48. The Morgan fingerprint density at radius 3 is 2.33 bits per heavy atom. The van der Waals surface area contributed by atoms with Crippen LogP contribution in [0.4, 0.5) is 0 Å². The highest BCUT2D eigenvalue weighted by molar-refractivity contribution is 5.76. The molecule has 0 spiro atoms. The van der Waals surface area contributed by atoms with Crippen LogP contribution in [0, 0.1) is 17.8 Å². The number of methoxy groups -OCH3 is 1. The zero-order chi connectivity index (χ0) is 13.5. The van der Waals surface area contributed by atoms with E-state index in [0.29, 0.717) is 18.9 Å². The van der Waals surface area contributed by atoms with Crippen LogP contribution >= 0.6 is 0 Å². The lowest BCUT2D eigenvalue weighted by molar-refractivity contribution is -0.153. The first-order valence-electron chi connectivity index (χ1n) is 6.79. The van der Waals surface area contributed by atoms with Gasteiger partial charge in [0.25, 0.3) is 0 Å². The van der Waals surface area contributed by atoms with E-state index in [1.54, 1.807) is 0 Å². The van der Waals surface area contributed by atoms with Crippen LogP contribution in [0.2, 0.25) is 0 Å². The minimum atomic E-state index is -0.199. The number of esters is 2. The highest BCUT2D eigenvalue weighted by Gasteiger charge is 2.32. The van der Waals surface area contributed by atoms with Gasteiger partial charge in [0.15, 0.2) is 0 Å². The molecule has 0 radical (unpaired) electrons. The molecule has 1 fully saturated rings. The van der Waals surface area contributed by atoms with Gasteiger partial charge in [-0.05, 0) is 31.6 Å². The van der Waals surface area contributed by atoms with Crippen LogP contribution in [0.1, 0.15) is 46.0 Å². The molecule has 0 N–H and O–H groups in total. The van der Waals surface area contributed by atoms with Gasteiger partial charge in [-0.15, -0.1) is 0 Å². The third-order valence-electron chi connectivity index (χ3n) is 3.48. The van der Waals surface area contributed by atoms with Crippen LogP contribution in [-0.4, -0.2) is 25.7 Å². The average molecular weight is 256 g/mol. The summed E-state index contributed by atoms with van der Waals surface area (Å²) in [6, 6.07) is 0. The van der Waals surface area contributed by atoms with Crippen molar-refractivity contribution < 1.29 is 19.1 Å². The van der Waals surface area contributed by atoms with E-state index in [2.05, 4.69) is 13.8 Å². The largest absolute Gasteiger partial charge is 0.469 e. The van der Waals surface area contributed by atoms with Crippen LogP contribution in [0.3, 0.4) is 0 Å². The standard InChI is InChI=1S/C14H24O4/c1-10(2)7-8-18-14(16)12-6-4-5-11(9-12)13(15)17-3/h10-12H,4-9H2,1-3H3. The van der Waals surface area contributed by atoms with Gasteiger partial charge in [0.2, 0.25) is 0 Å². The number of carbonyl (C=O) groups excluding carboxylic acids is 2. The van der Waals surface area contributed by atoms with Crippen molar-refractivity contribution in [2.45, 2.75) is 46.0 Å². The van der Waals surface area contributed by atoms with E-state index in [9.17, 15) is 9.59 Å². The zero-order valence-electron chi connectivity index (χ0n) is 11.6. The van der Waals surface area contributed by atoms with Crippen molar-refractivity contribution in [2.75, 3.05) is 13.7 Å². The van der Waals surface area contributed by atoms with E-state index in [1.807, 2.05) is 0 Å². The Morgan fingerprint density at radius 2 is 1.78 bits per heavy atom. The van der Waals surface area contributed by atoms with E-state index in [-0.39, 0.29) is 23.8 Å². The van der Waals surface area contributed by atoms with Gasteiger partial charge in [0.1, 0.15) is 0 Å². The van der Waals surface area contributed by atoms with Gasteiger partial charge in [0, 0.05) is 0 Å². The number of hydrogen-bond acceptors (Lipinski definition) is 4. The van der Waals surface area contributed by atoms with Gasteiger partial charge in [-0.2, -0.15) is 0 Å². The first-order chi connectivity index (χ1) is 8.54. The Bertz CT molecular complexity index is 286. The topological polar surface area (TPSA) is 52.6 Å². The Labute approximate surface area is 109 Å². The summed E-state index contributed by atoms with van der Waals surface area (Å²) in [7, 11) is 1.40. The lowest BCUT2D eigenvalue weighted by atomic mass is 9.81. The van der Waals surface area contributed by atoms with Gasteiger partial charge in [-0.3, -0.25) is 9.59 Å². The van der Waals surface area contributed by atoms with Crippen molar-refractivity contribution in [1.82, 2.24) is 0 Å². The lowest BCUT2D eigenvalue weighted by Crippen LogP contribution is -2.29. The van der Waals surface area contributed by atoms with Crippen molar-refractivity contribution in [3.63, 3.8) is 0 Å². The molecule has 0 aromatic rings. The maximum Gasteiger partial charge on any atom is 0.308 e. The van der Waals surface area contributed by atoms with Gasteiger partial charge in [-0.1, -0.05) is 20.3 Å². The molecule has 0 aliphatic heterocycles. The molecule has 4 nitrogen and oxygen atoms in total. The Balaban J connectivity index is 2.36. The molecule has 1 saturated carbocycles. The number of hydrogen-bond donors (Lipinski definition) is 0. The fourth-order valence-corrected chi connectivity index (χ4v) is 2.30. The Hall–Kier alpha value is -1.06. The van der Waals surface area contributed by atoms with Crippen molar-refractivity contribution >= 4 is 11.9 Å². The van der Waals surface area contributed by atoms with Crippen LogP contribution < -0.4 is 0 Å². The second kappa shape index (κ2) is 7.39. The molecule has 18 heavy (non-hydrogen) atoms. The monoisotopic (exact) mass is 256 g/mol. The molecule has 0 saturated heterocycles. The molecule has 2 atom stereocenters. The average Bonchev–Trinajstić information content (AvgIpc) is 2.37. The normalized spacial score (nSPS) is 23.8. The Morgan fingerprint density at radius 1 is 1.17 bits per heavy atom. The number of carbonyl (C=O) groups is 2. The minimum absolute atomic E-state index is 0.130. The SMILES string of the molecule is COC(=O)C1CCCC(C(=O)OCCC(C)C)C1. The second-order valence-corrected chi connectivity index (χ2v) is 5.43. The summed E-state index contributed by atoms with van der Waals surface area (Å²) in [5, 5.41) is 0. The van der Waals surface area contributed by atoms with Crippen molar-refractivity contribution in [2.24, 2.45) is 17.8 Å². The van der Waals surface area contributed by atoms with Crippen LogP contribution in [-0.2, 0) is 19.1 Å². The van der Waals surface area contributed by atoms with Crippen LogP contribution in [0.5, 0.6) is 0 Å². The summed E-state index contributed by atoms with van der Waals surface area (Å²) >= 11 is 0. The Kier molecular flexibility index (Phi) is 6.16. The van der Waals surface area contributed by atoms with Gasteiger partial charge in [0.05, 0.1) is 25.6 Å². The van der Waals surface area contributed by atoms with E-state index in [0.717, 1.165) is 25.7 Å². The van der Waals surface area contributed by atoms with Crippen LogP contribution in [0.25, 0.3) is 0 Å². The first-order valence-corrected chi connectivity index (χ1v) is 6.79. The summed E-state index contributed by atoms with van der Waals surface area (Å²) in [6.45, 7) is 4.68. The van der Waals surface area contributed by atoms with Gasteiger partial charge in [-0.25, -0.2) is 0 Å². The quantitative estimate of drug-likeness (QED) is 0.709. The smallest absolute Gasteiger partial charge is 0.308 e. The minimum Gasteiger partial charge on any atom is -0.469 e. The molecule has 0 amide bonds. The summed E-state index contributed by atoms with van der Waals surface area (Å²) in [6.07, 6.45) is 4.01. The molecule has 0 aromatic carbocycles. The number of ether oxygens (including phenoxy) is 2. The predicted octanol–water partition coefficient (Wildman–Crippen LogP) is 2.56. The molecule has 1 aliphatic carbocycles. The molecule has 2 unspecified atom stereocenters. The highest BCUT2D eigenvalue weighted by Crippen LogP contribution is 2.30. The first kappa shape index (κ1) is 15.0. The zero-order valence-corrected chi connectivity index (χ0v) is 11.6. The molecule has 104 valence electrons. The molecular weight excluding hydrogens is 232 g/mol. The van der Waals surface area contributed by atoms with E-state index in [4.69, 9.17) is 9.47 Å². The fourth-order valence-electron chi connectivity index (χ4n) is 2.30. The van der Waals surface area contributed by atoms with E-state index in [1.165, 1.54) is 7.11 Å². The van der Waals surface area contributed by atoms with Crippen LogP contribution in [0.15, 0.2) is 0 Å². The third kappa shape index (κ3) is 4.67. The molecule has 0 aromatic heterocycles. The maximum atomic E-state index is 11.9. The van der Waals surface area contributed by atoms with Gasteiger partial charge < -0.3 is 9.47 Å². The van der Waals surface area contributed by atoms with Crippen molar-refractivity contribution in [3.8, 4) is 0 Å². The lowest BCUT2D eigenvalue weighted by Gasteiger charge is -2.26. The van der Waals surface area contributed by atoms with Crippen molar-refractivity contribution in [3.05, 3.63) is 0 Å². The highest BCUT2D eigenvalue weighted by atomic mass is 16.5. The molecule has 0 bridgehead atoms.